The molecule has 0 saturated carbocycles. The van der Waals surface area contributed by atoms with Crippen LogP contribution >= 0.6 is 22.7 Å². The number of amides is 1. The topological polar surface area (TPSA) is 33.2 Å². The Balaban J connectivity index is 2.15. The number of carbonyl (C=O) groups is 1. The molecule has 5 heteroatoms. The number of hydrogen-bond donors (Lipinski definition) is 0. The van der Waals surface area contributed by atoms with Crippen molar-refractivity contribution in [3.63, 3.8) is 0 Å². The quantitative estimate of drug-likeness (QED) is 0.853. The first kappa shape index (κ1) is 12.3. The second kappa shape index (κ2) is 4.98. The van der Waals surface area contributed by atoms with Crippen molar-refractivity contribution in [1.29, 1.82) is 0 Å². The zero-order chi connectivity index (χ0) is 12.4. The summed E-state index contributed by atoms with van der Waals surface area (Å²) in [6, 6.07) is 4.14. The molecule has 2 heterocycles. The minimum absolute atomic E-state index is 0.0183. The molecule has 0 aliphatic rings. The number of aromatic nitrogens is 1. The van der Waals surface area contributed by atoms with Crippen LogP contribution in [0.5, 0.6) is 0 Å². The summed E-state index contributed by atoms with van der Waals surface area (Å²) < 4.78 is 0. The van der Waals surface area contributed by atoms with Crippen LogP contribution < -0.4 is 0 Å². The first-order chi connectivity index (χ1) is 8.09. The molecule has 0 fully saturated rings. The second-order valence-corrected chi connectivity index (χ2v) is 5.90. The summed E-state index contributed by atoms with van der Waals surface area (Å²) in [5.74, 6) is -0.0183. The van der Waals surface area contributed by atoms with Crippen LogP contribution in [0.15, 0.2) is 22.9 Å². The van der Waals surface area contributed by atoms with E-state index in [4.69, 9.17) is 0 Å². The Morgan fingerprint density at radius 1 is 1.47 bits per heavy atom. The molecule has 0 bridgehead atoms. The molecule has 2 aromatic heterocycles. The van der Waals surface area contributed by atoms with E-state index in [-0.39, 0.29) is 11.9 Å². The van der Waals surface area contributed by atoms with Crippen LogP contribution in [0.1, 0.15) is 33.3 Å². The van der Waals surface area contributed by atoms with Crippen LogP contribution in [0.2, 0.25) is 0 Å². The van der Waals surface area contributed by atoms with E-state index in [1.807, 2.05) is 43.8 Å². The van der Waals surface area contributed by atoms with Crippen LogP contribution in [-0.4, -0.2) is 22.8 Å². The van der Waals surface area contributed by atoms with Crippen molar-refractivity contribution in [1.82, 2.24) is 9.88 Å². The van der Waals surface area contributed by atoms with Gasteiger partial charge in [-0.1, -0.05) is 6.07 Å². The van der Waals surface area contributed by atoms with Crippen molar-refractivity contribution >= 4 is 28.6 Å². The van der Waals surface area contributed by atoms with Crippen LogP contribution in [0.3, 0.4) is 0 Å². The lowest BCUT2D eigenvalue weighted by Crippen LogP contribution is -2.29. The van der Waals surface area contributed by atoms with E-state index in [0.717, 1.165) is 5.01 Å². The van der Waals surface area contributed by atoms with E-state index in [1.54, 1.807) is 16.2 Å². The first-order valence-corrected chi connectivity index (χ1v) is 7.08. The van der Waals surface area contributed by atoms with Gasteiger partial charge in [-0.15, -0.1) is 22.7 Å². The van der Waals surface area contributed by atoms with Crippen molar-refractivity contribution < 1.29 is 4.79 Å². The molecule has 0 aliphatic carbocycles. The summed E-state index contributed by atoms with van der Waals surface area (Å²) in [6.45, 7) is 3.94. The monoisotopic (exact) mass is 266 g/mol. The van der Waals surface area contributed by atoms with Gasteiger partial charge in [-0.3, -0.25) is 4.79 Å². The molecular weight excluding hydrogens is 252 g/mol. The summed E-state index contributed by atoms with van der Waals surface area (Å²) in [4.78, 5) is 19.3. The number of thiazole rings is 1. The van der Waals surface area contributed by atoms with Gasteiger partial charge in [0, 0.05) is 17.3 Å². The number of thiophene rings is 1. The second-order valence-electron chi connectivity index (χ2n) is 3.86. The average molecular weight is 266 g/mol. The van der Waals surface area contributed by atoms with Crippen LogP contribution in [0.25, 0.3) is 0 Å². The van der Waals surface area contributed by atoms with Crippen molar-refractivity contribution in [2.45, 2.75) is 19.9 Å². The predicted molar refractivity (Wildman–Crippen MR) is 71.7 cm³/mol. The third-order valence-corrected chi connectivity index (χ3v) is 4.51. The minimum Gasteiger partial charge on any atom is -0.333 e. The lowest BCUT2D eigenvalue weighted by atomic mass is 10.2. The Labute approximate surface area is 109 Å². The highest BCUT2D eigenvalue weighted by Gasteiger charge is 2.21. The maximum absolute atomic E-state index is 12.2. The molecule has 2 rings (SSSR count). The lowest BCUT2D eigenvalue weighted by Gasteiger charge is -2.23. The molecule has 0 radical (unpaired) electrons. The molecule has 0 aliphatic heterocycles. The third-order valence-electron chi connectivity index (χ3n) is 2.69. The molecule has 0 N–H and O–H groups in total. The highest BCUT2D eigenvalue weighted by Crippen LogP contribution is 2.24. The normalized spacial score (nSPS) is 12.4. The fraction of sp³-hybridized carbons (Fsp3) is 0.333. The van der Waals surface area contributed by atoms with Gasteiger partial charge in [-0.2, -0.15) is 0 Å². The van der Waals surface area contributed by atoms with Gasteiger partial charge in [-0.25, -0.2) is 4.98 Å². The minimum atomic E-state index is -0.0183. The van der Waals surface area contributed by atoms with Crippen molar-refractivity contribution in [2.75, 3.05) is 7.05 Å². The van der Waals surface area contributed by atoms with E-state index in [1.165, 1.54) is 16.2 Å². The molecule has 0 saturated heterocycles. The molecule has 0 spiro atoms. The Morgan fingerprint density at radius 2 is 2.24 bits per heavy atom. The maximum Gasteiger partial charge on any atom is 0.273 e. The summed E-state index contributed by atoms with van der Waals surface area (Å²) in [7, 11) is 1.82. The first-order valence-electron chi connectivity index (χ1n) is 5.32. The van der Waals surface area contributed by atoms with Crippen molar-refractivity contribution in [3.05, 3.63) is 38.5 Å². The number of carbonyl (C=O) groups excluding carboxylic acids is 1. The predicted octanol–water partition coefficient (Wildman–Crippen LogP) is 3.35. The van der Waals surface area contributed by atoms with Gasteiger partial charge >= 0.3 is 0 Å². The molecule has 90 valence electrons. The SMILES string of the molecule is Cc1nc(C(=O)N(C)C(C)c2cccs2)cs1. The Hall–Kier alpha value is -1.20. The Morgan fingerprint density at radius 3 is 2.76 bits per heavy atom. The van der Waals surface area contributed by atoms with E-state index in [9.17, 15) is 4.79 Å². The van der Waals surface area contributed by atoms with Gasteiger partial charge in [0.05, 0.1) is 11.0 Å². The number of rotatable bonds is 3. The van der Waals surface area contributed by atoms with Gasteiger partial charge in [-0.05, 0) is 25.3 Å². The van der Waals surface area contributed by atoms with E-state index in [2.05, 4.69) is 4.98 Å². The van der Waals surface area contributed by atoms with Gasteiger partial charge in [0.1, 0.15) is 5.69 Å². The standard InChI is InChI=1S/C12H14N2OS2/c1-8(11-5-4-6-16-11)14(3)12(15)10-7-17-9(2)13-10/h4-8H,1-3H3. The molecule has 2 aromatic rings. The molecule has 1 amide bonds. The highest BCUT2D eigenvalue weighted by atomic mass is 32.1. The van der Waals surface area contributed by atoms with Crippen LogP contribution in [0, 0.1) is 6.92 Å². The Kier molecular flexibility index (Phi) is 3.59. The summed E-state index contributed by atoms with van der Waals surface area (Å²) >= 11 is 3.17. The number of aryl methyl sites for hydroxylation is 1. The maximum atomic E-state index is 12.2. The largest absolute Gasteiger partial charge is 0.333 e. The van der Waals surface area contributed by atoms with E-state index >= 15 is 0 Å². The van der Waals surface area contributed by atoms with E-state index in [0.29, 0.717) is 5.69 Å². The molecule has 17 heavy (non-hydrogen) atoms. The van der Waals surface area contributed by atoms with Crippen LogP contribution in [-0.2, 0) is 0 Å². The summed E-state index contributed by atoms with van der Waals surface area (Å²) in [5.41, 5.74) is 0.540. The number of hydrogen-bond acceptors (Lipinski definition) is 4. The van der Waals surface area contributed by atoms with Crippen molar-refractivity contribution in [3.8, 4) is 0 Å². The molecular formula is C12H14N2OS2. The lowest BCUT2D eigenvalue weighted by molar-refractivity contribution is 0.0739. The third kappa shape index (κ3) is 2.56. The fourth-order valence-electron chi connectivity index (χ4n) is 1.54. The molecule has 1 unspecified atom stereocenters. The van der Waals surface area contributed by atoms with Crippen LogP contribution in [0.4, 0.5) is 0 Å². The highest BCUT2D eigenvalue weighted by molar-refractivity contribution is 7.10. The van der Waals surface area contributed by atoms with Gasteiger partial charge in [0.15, 0.2) is 0 Å². The fourth-order valence-corrected chi connectivity index (χ4v) is 2.95. The van der Waals surface area contributed by atoms with Gasteiger partial charge in [0.2, 0.25) is 0 Å². The summed E-state index contributed by atoms with van der Waals surface area (Å²) in [6.07, 6.45) is 0. The number of nitrogens with zero attached hydrogens (tertiary/aromatic N) is 2. The zero-order valence-electron chi connectivity index (χ0n) is 10.0. The molecule has 3 nitrogen and oxygen atoms in total. The molecule has 1 atom stereocenters. The van der Waals surface area contributed by atoms with E-state index < -0.39 is 0 Å². The zero-order valence-corrected chi connectivity index (χ0v) is 11.6. The van der Waals surface area contributed by atoms with Gasteiger partial charge in [0.25, 0.3) is 5.91 Å². The van der Waals surface area contributed by atoms with Crippen molar-refractivity contribution in [2.24, 2.45) is 0 Å². The summed E-state index contributed by atoms with van der Waals surface area (Å²) in [5, 5.41) is 4.76. The molecule has 0 aromatic carbocycles. The Bertz CT molecular complexity index is 504. The average Bonchev–Trinajstić information content (AvgIpc) is 2.96. The van der Waals surface area contributed by atoms with Gasteiger partial charge < -0.3 is 4.90 Å². The smallest absolute Gasteiger partial charge is 0.273 e.